The van der Waals surface area contributed by atoms with Gasteiger partial charge in [-0.05, 0) is 42.7 Å². The van der Waals surface area contributed by atoms with Crippen LogP contribution in [0.1, 0.15) is 40.8 Å². The molecule has 3 heterocycles. The average Bonchev–Trinajstić information content (AvgIpc) is 3.53. The van der Waals surface area contributed by atoms with Gasteiger partial charge in [0, 0.05) is 36.3 Å². The number of nitrogens with zero attached hydrogens (tertiary/aromatic N) is 3. The molecule has 2 aliphatic heterocycles. The first kappa shape index (κ1) is 24.1. The maximum Gasteiger partial charge on any atom is 0.260 e. The van der Waals surface area contributed by atoms with E-state index in [1.165, 1.54) is 11.8 Å². The summed E-state index contributed by atoms with van der Waals surface area (Å²) in [5, 5.41) is 7.84. The summed E-state index contributed by atoms with van der Waals surface area (Å²) in [6.45, 7) is 1.20. The number of hydrogen-bond donors (Lipinski definition) is 2. The van der Waals surface area contributed by atoms with Crippen LogP contribution in [0.2, 0.25) is 0 Å². The van der Waals surface area contributed by atoms with Crippen molar-refractivity contribution in [2.24, 2.45) is 5.73 Å². The van der Waals surface area contributed by atoms with Crippen LogP contribution in [0.25, 0.3) is 11.3 Å². The van der Waals surface area contributed by atoms with Crippen molar-refractivity contribution < 1.29 is 23.0 Å². The maximum absolute atomic E-state index is 14.1. The summed E-state index contributed by atoms with van der Waals surface area (Å²) in [6, 6.07) is 12.8. The number of hydrogen-bond acceptors (Lipinski definition) is 6. The second-order valence-corrected chi connectivity index (χ2v) is 9.19. The van der Waals surface area contributed by atoms with E-state index in [1.807, 2.05) is 6.07 Å². The van der Waals surface area contributed by atoms with E-state index in [0.717, 1.165) is 17.5 Å². The molecule has 0 aliphatic carbocycles. The van der Waals surface area contributed by atoms with Crippen LogP contribution in [0.15, 0.2) is 48.5 Å². The van der Waals surface area contributed by atoms with Gasteiger partial charge in [0.2, 0.25) is 0 Å². The second kappa shape index (κ2) is 9.77. The number of likely N-dealkylation sites (tertiary alicyclic amines) is 1. The van der Waals surface area contributed by atoms with Gasteiger partial charge in [0.05, 0.1) is 26.0 Å². The van der Waals surface area contributed by atoms with E-state index in [9.17, 15) is 13.6 Å². The Labute approximate surface area is 208 Å². The standard InChI is InChI=1S/C26H29F2N5O3/c1-35-22-8-7-17(11-23(22)36-2)19-12-21(25(27)28)33-24(30-19)13-20(31-33)15-3-5-16(6-4-15)26(34)32-10-9-18(29)14-32/h3-8,11,13,18-19,21,25,30H,9-10,12,14,29H2,1-2H3. The topological polar surface area (TPSA) is 94.6 Å². The number of rotatable bonds is 6. The SMILES string of the molecule is COc1ccc(C2CC(C(F)F)n3nc(-c4ccc(C(=O)N5CCC(N)C5)cc4)cc3N2)cc1OC. The summed E-state index contributed by atoms with van der Waals surface area (Å²) in [6.07, 6.45) is -1.63. The Morgan fingerprint density at radius 1 is 1.11 bits per heavy atom. The number of carbonyl (C=O) groups is 1. The molecule has 36 heavy (non-hydrogen) atoms. The number of nitrogens with one attached hydrogen (secondary N) is 1. The summed E-state index contributed by atoms with van der Waals surface area (Å²) in [7, 11) is 3.09. The summed E-state index contributed by atoms with van der Waals surface area (Å²) in [5.41, 5.74) is 8.59. The lowest BCUT2D eigenvalue weighted by Gasteiger charge is -2.32. The van der Waals surface area contributed by atoms with E-state index < -0.39 is 12.5 Å². The average molecular weight is 498 g/mol. The molecular formula is C26H29F2N5O3. The lowest BCUT2D eigenvalue weighted by molar-refractivity contribution is 0.0659. The third-order valence-electron chi connectivity index (χ3n) is 6.89. The van der Waals surface area contributed by atoms with Gasteiger partial charge in [-0.2, -0.15) is 5.10 Å². The van der Waals surface area contributed by atoms with Crippen LogP contribution in [0, 0.1) is 0 Å². The molecule has 5 rings (SSSR count). The maximum atomic E-state index is 14.1. The Morgan fingerprint density at radius 2 is 1.86 bits per heavy atom. The first-order chi connectivity index (χ1) is 17.4. The molecule has 0 saturated carbocycles. The fraction of sp³-hybridized carbons (Fsp3) is 0.385. The zero-order valence-electron chi connectivity index (χ0n) is 20.2. The normalized spacial score (nSPS) is 21.3. The highest BCUT2D eigenvalue weighted by atomic mass is 19.3. The number of halogens is 2. The number of anilines is 1. The molecule has 3 unspecified atom stereocenters. The molecule has 1 aromatic heterocycles. The molecule has 3 aromatic rings. The number of ether oxygens (including phenoxy) is 2. The van der Waals surface area contributed by atoms with Crippen LogP contribution in [-0.4, -0.2) is 60.4 Å². The number of alkyl halides is 2. The molecule has 10 heteroatoms. The molecule has 1 fully saturated rings. The summed E-state index contributed by atoms with van der Waals surface area (Å²) in [4.78, 5) is 14.5. The van der Waals surface area contributed by atoms with Crippen molar-refractivity contribution in [3.8, 4) is 22.8 Å². The Morgan fingerprint density at radius 3 is 2.50 bits per heavy atom. The van der Waals surface area contributed by atoms with E-state index in [1.54, 1.807) is 54.5 Å². The number of fused-ring (bicyclic) bond motifs is 1. The predicted octanol–water partition coefficient (Wildman–Crippen LogP) is 4.10. The number of methoxy groups -OCH3 is 2. The predicted molar refractivity (Wildman–Crippen MR) is 132 cm³/mol. The van der Waals surface area contributed by atoms with Gasteiger partial charge in [0.15, 0.2) is 11.5 Å². The molecule has 3 atom stereocenters. The quantitative estimate of drug-likeness (QED) is 0.533. The van der Waals surface area contributed by atoms with Crippen molar-refractivity contribution >= 4 is 11.7 Å². The monoisotopic (exact) mass is 497 g/mol. The fourth-order valence-electron chi connectivity index (χ4n) is 4.91. The second-order valence-electron chi connectivity index (χ2n) is 9.19. The first-order valence-electron chi connectivity index (χ1n) is 11.9. The van der Waals surface area contributed by atoms with Crippen LogP contribution in [0.4, 0.5) is 14.6 Å². The molecule has 190 valence electrons. The van der Waals surface area contributed by atoms with Crippen LogP contribution in [-0.2, 0) is 0 Å². The van der Waals surface area contributed by atoms with Crippen LogP contribution < -0.4 is 20.5 Å². The Kier molecular flexibility index (Phi) is 6.53. The lowest BCUT2D eigenvalue weighted by Crippen LogP contribution is -2.31. The van der Waals surface area contributed by atoms with Crippen molar-refractivity contribution in [3.63, 3.8) is 0 Å². The molecule has 3 N–H and O–H groups in total. The molecule has 0 radical (unpaired) electrons. The van der Waals surface area contributed by atoms with E-state index in [4.69, 9.17) is 15.2 Å². The van der Waals surface area contributed by atoms with E-state index in [2.05, 4.69) is 10.4 Å². The highest BCUT2D eigenvalue weighted by Crippen LogP contribution is 2.41. The number of benzene rings is 2. The van der Waals surface area contributed by atoms with Crippen molar-refractivity contribution in [2.45, 2.75) is 37.4 Å². The third-order valence-corrected chi connectivity index (χ3v) is 6.89. The molecule has 1 saturated heterocycles. The minimum atomic E-state index is -2.59. The van der Waals surface area contributed by atoms with Gasteiger partial charge in [0.25, 0.3) is 12.3 Å². The van der Waals surface area contributed by atoms with Crippen LogP contribution in [0.3, 0.4) is 0 Å². The van der Waals surface area contributed by atoms with Crippen molar-refractivity contribution in [1.29, 1.82) is 0 Å². The Bertz CT molecular complexity index is 1250. The van der Waals surface area contributed by atoms with Gasteiger partial charge in [0.1, 0.15) is 11.9 Å². The smallest absolute Gasteiger partial charge is 0.260 e. The van der Waals surface area contributed by atoms with Gasteiger partial charge < -0.3 is 25.4 Å². The molecule has 1 amide bonds. The van der Waals surface area contributed by atoms with Crippen LogP contribution in [0.5, 0.6) is 11.5 Å². The Hall–Kier alpha value is -3.66. The summed E-state index contributed by atoms with van der Waals surface area (Å²) >= 11 is 0. The van der Waals surface area contributed by atoms with E-state index in [-0.39, 0.29) is 24.4 Å². The number of carbonyl (C=O) groups excluding carboxylic acids is 1. The van der Waals surface area contributed by atoms with Crippen molar-refractivity contribution in [2.75, 3.05) is 32.6 Å². The molecule has 2 aromatic carbocycles. The highest BCUT2D eigenvalue weighted by Gasteiger charge is 2.35. The van der Waals surface area contributed by atoms with Crippen molar-refractivity contribution in [3.05, 3.63) is 59.7 Å². The number of aromatic nitrogens is 2. The summed E-state index contributed by atoms with van der Waals surface area (Å²) < 4.78 is 40.2. The van der Waals surface area contributed by atoms with Gasteiger partial charge in [-0.3, -0.25) is 4.79 Å². The Balaban J connectivity index is 1.40. The third kappa shape index (κ3) is 4.48. The molecule has 2 aliphatic rings. The zero-order valence-corrected chi connectivity index (χ0v) is 20.2. The molecule has 8 nitrogen and oxygen atoms in total. The summed E-state index contributed by atoms with van der Waals surface area (Å²) in [5.74, 6) is 1.56. The molecule has 0 spiro atoms. The van der Waals surface area contributed by atoms with E-state index >= 15 is 0 Å². The minimum absolute atomic E-state index is 0.0168. The van der Waals surface area contributed by atoms with E-state index in [0.29, 0.717) is 41.7 Å². The zero-order chi connectivity index (χ0) is 25.4. The van der Waals surface area contributed by atoms with Crippen molar-refractivity contribution in [1.82, 2.24) is 14.7 Å². The lowest BCUT2D eigenvalue weighted by atomic mass is 9.97. The van der Waals surface area contributed by atoms with Gasteiger partial charge in [-0.25, -0.2) is 13.5 Å². The molecule has 0 bridgehead atoms. The van der Waals surface area contributed by atoms with Gasteiger partial charge in [-0.15, -0.1) is 0 Å². The highest BCUT2D eigenvalue weighted by molar-refractivity contribution is 5.95. The van der Waals surface area contributed by atoms with Gasteiger partial charge >= 0.3 is 0 Å². The van der Waals surface area contributed by atoms with Gasteiger partial charge in [-0.1, -0.05) is 18.2 Å². The number of nitrogens with two attached hydrogens (primary N) is 1. The first-order valence-corrected chi connectivity index (χ1v) is 11.9. The number of amides is 1. The largest absolute Gasteiger partial charge is 0.493 e. The minimum Gasteiger partial charge on any atom is -0.493 e. The molecular weight excluding hydrogens is 468 g/mol. The fourth-order valence-corrected chi connectivity index (χ4v) is 4.91. The van der Waals surface area contributed by atoms with Crippen LogP contribution >= 0.6 is 0 Å².